The van der Waals surface area contributed by atoms with Crippen LogP contribution in [0, 0.1) is 0 Å². The van der Waals surface area contributed by atoms with E-state index in [2.05, 4.69) is 10.1 Å². The number of carbonyl (C=O) groups excluding carboxylic acids is 2. The molecule has 4 nitrogen and oxygen atoms in total. The minimum absolute atomic E-state index is 0.256. The smallest absolute Gasteiger partial charge is 0.339 e. The highest BCUT2D eigenvalue weighted by atomic mass is 16.5. The van der Waals surface area contributed by atoms with Gasteiger partial charge in [-0.1, -0.05) is 29.7 Å². The SMILES string of the molecule is [B]c1ccc(C(=O)OC)c(NC(=O)c2ccccc2)c1. The number of amides is 1. The molecule has 98 valence electrons. The van der Waals surface area contributed by atoms with Crippen molar-refractivity contribution in [2.24, 2.45) is 0 Å². The van der Waals surface area contributed by atoms with Gasteiger partial charge in [0.05, 0.1) is 18.4 Å². The minimum atomic E-state index is -0.534. The highest BCUT2D eigenvalue weighted by molar-refractivity contribution is 6.33. The number of rotatable bonds is 3. The molecular formula is C15H12BNO3. The highest BCUT2D eigenvalue weighted by Crippen LogP contribution is 2.16. The van der Waals surface area contributed by atoms with Gasteiger partial charge in [0, 0.05) is 5.56 Å². The van der Waals surface area contributed by atoms with Crippen molar-refractivity contribution in [1.82, 2.24) is 0 Å². The molecule has 0 saturated heterocycles. The largest absolute Gasteiger partial charge is 0.465 e. The van der Waals surface area contributed by atoms with E-state index in [0.717, 1.165) is 0 Å². The number of carbonyl (C=O) groups is 2. The van der Waals surface area contributed by atoms with Crippen LogP contribution in [0.5, 0.6) is 0 Å². The van der Waals surface area contributed by atoms with Crippen molar-refractivity contribution >= 4 is 30.9 Å². The van der Waals surface area contributed by atoms with Crippen molar-refractivity contribution < 1.29 is 14.3 Å². The molecule has 0 bridgehead atoms. The van der Waals surface area contributed by atoms with Gasteiger partial charge in [-0.25, -0.2) is 4.79 Å². The molecule has 2 rings (SSSR count). The van der Waals surface area contributed by atoms with Gasteiger partial charge in [0.15, 0.2) is 0 Å². The Morgan fingerprint density at radius 1 is 1.10 bits per heavy atom. The molecule has 2 aromatic carbocycles. The fourth-order valence-electron chi connectivity index (χ4n) is 1.74. The van der Waals surface area contributed by atoms with Gasteiger partial charge in [-0.15, -0.1) is 0 Å². The summed E-state index contributed by atoms with van der Waals surface area (Å²) >= 11 is 0. The number of hydrogen-bond donors (Lipinski definition) is 1. The number of methoxy groups -OCH3 is 1. The first kappa shape index (κ1) is 13.9. The molecule has 0 aliphatic heterocycles. The van der Waals surface area contributed by atoms with Crippen molar-refractivity contribution in [1.29, 1.82) is 0 Å². The van der Waals surface area contributed by atoms with E-state index in [0.29, 0.717) is 16.7 Å². The Morgan fingerprint density at radius 3 is 2.45 bits per heavy atom. The summed E-state index contributed by atoms with van der Waals surface area (Å²) < 4.78 is 4.67. The van der Waals surface area contributed by atoms with Crippen molar-refractivity contribution in [2.45, 2.75) is 0 Å². The Balaban J connectivity index is 2.31. The van der Waals surface area contributed by atoms with E-state index in [1.807, 2.05) is 6.07 Å². The van der Waals surface area contributed by atoms with Crippen LogP contribution in [0.25, 0.3) is 0 Å². The molecule has 0 fully saturated rings. The standard InChI is InChI=1S/C15H12BNO3/c1-20-15(19)12-8-7-11(16)9-13(12)17-14(18)10-5-3-2-4-6-10/h2-9H,1H3,(H,17,18). The van der Waals surface area contributed by atoms with Crippen LogP contribution in [0.4, 0.5) is 5.69 Å². The van der Waals surface area contributed by atoms with E-state index in [4.69, 9.17) is 7.85 Å². The molecule has 1 N–H and O–H groups in total. The lowest BCUT2D eigenvalue weighted by molar-refractivity contribution is 0.0602. The quantitative estimate of drug-likeness (QED) is 0.676. The number of esters is 1. The van der Waals surface area contributed by atoms with Gasteiger partial charge in [-0.3, -0.25) is 4.79 Å². The number of ether oxygens (including phenoxy) is 1. The third kappa shape index (κ3) is 3.06. The minimum Gasteiger partial charge on any atom is -0.465 e. The molecule has 0 unspecified atom stereocenters. The maximum Gasteiger partial charge on any atom is 0.339 e. The van der Waals surface area contributed by atoms with Crippen molar-refractivity contribution in [2.75, 3.05) is 12.4 Å². The van der Waals surface area contributed by atoms with Gasteiger partial charge in [0.25, 0.3) is 5.91 Å². The third-order valence-corrected chi connectivity index (χ3v) is 2.73. The molecular weight excluding hydrogens is 253 g/mol. The molecule has 2 aromatic rings. The van der Waals surface area contributed by atoms with Gasteiger partial charge in [0.2, 0.25) is 0 Å². The average Bonchev–Trinajstić information content (AvgIpc) is 2.47. The summed E-state index contributed by atoms with van der Waals surface area (Å²) in [5.74, 6) is -0.852. The summed E-state index contributed by atoms with van der Waals surface area (Å²) in [7, 11) is 6.96. The highest BCUT2D eigenvalue weighted by Gasteiger charge is 2.14. The van der Waals surface area contributed by atoms with E-state index in [-0.39, 0.29) is 11.5 Å². The van der Waals surface area contributed by atoms with Crippen molar-refractivity contribution in [3.63, 3.8) is 0 Å². The molecule has 20 heavy (non-hydrogen) atoms. The fraction of sp³-hybridized carbons (Fsp3) is 0.0667. The van der Waals surface area contributed by atoms with E-state index in [1.54, 1.807) is 30.3 Å². The van der Waals surface area contributed by atoms with Crippen LogP contribution in [-0.4, -0.2) is 26.8 Å². The van der Waals surface area contributed by atoms with Gasteiger partial charge in [-0.2, -0.15) is 0 Å². The Kier molecular flexibility index (Phi) is 4.20. The molecule has 0 aromatic heterocycles. The van der Waals surface area contributed by atoms with E-state index >= 15 is 0 Å². The first-order valence-corrected chi connectivity index (χ1v) is 5.96. The Labute approximate surface area is 118 Å². The summed E-state index contributed by atoms with van der Waals surface area (Å²) in [5.41, 5.74) is 1.52. The zero-order valence-electron chi connectivity index (χ0n) is 10.9. The normalized spacial score (nSPS) is 9.85. The second-order valence-corrected chi connectivity index (χ2v) is 4.12. The topological polar surface area (TPSA) is 55.4 Å². The van der Waals surface area contributed by atoms with E-state index in [1.165, 1.54) is 19.2 Å². The second kappa shape index (κ2) is 6.06. The molecule has 0 aliphatic rings. The summed E-state index contributed by atoms with van der Waals surface area (Å²) in [5, 5.41) is 2.66. The Bertz CT molecular complexity index is 641. The maximum atomic E-state index is 12.1. The molecule has 1 amide bonds. The molecule has 0 heterocycles. The predicted molar refractivity (Wildman–Crippen MR) is 77.6 cm³/mol. The molecule has 0 spiro atoms. The predicted octanol–water partition coefficient (Wildman–Crippen LogP) is 1.52. The summed E-state index contributed by atoms with van der Waals surface area (Å²) in [6, 6.07) is 13.3. The van der Waals surface area contributed by atoms with Crippen LogP contribution in [0.3, 0.4) is 0 Å². The summed E-state index contributed by atoms with van der Waals surface area (Å²) in [6.45, 7) is 0. The molecule has 0 atom stereocenters. The van der Waals surface area contributed by atoms with E-state index in [9.17, 15) is 9.59 Å². The van der Waals surface area contributed by atoms with Crippen LogP contribution in [-0.2, 0) is 4.74 Å². The first-order chi connectivity index (χ1) is 9.61. The fourth-order valence-corrected chi connectivity index (χ4v) is 1.74. The number of anilines is 1. The zero-order chi connectivity index (χ0) is 14.5. The summed E-state index contributed by atoms with van der Waals surface area (Å²) in [4.78, 5) is 23.7. The van der Waals surface area contributed by atoms with Crippen LogP contribution in [0.15, 0.2) is 48.5 Å². The van der Waals surface area contributed by atoms with Gasteiger partial charge in [0.1, 0.15) is 7.85 Å². The van der Waals surface area contributed by atoms with Crippen LogP contribution >= 0.6 is 0 Å². The molecule has 2 radical (unpaired) electrons. The number of nitrogens with one attached hydrogen (secondary N) is 1. The molecule has 0 aliphatic carbocycles. The molecule has 0 saturated carbocycles. The van der Waals surface area contributed by atoms with E-state index < -0.39 is 5.97 Å². The monoisotopic (exact) mass is 265 g/mol. The van der Waals surface area contributed by atoms with Gasteiger partial charge >= 0.3 is 5.97 Å². The van der Waals surface area contributed by atoms with Crippen LogP contribution in [0.2, 0.25) is 0 Å². The Morgan fingerprint density at radius 2 is 1.80 bits per heavy atom. The summed E-state index contributed by atoms with van der Waals surface area (Å²) in [6.07, 6.45) is 0. The zero-order valence-corrected chi connectivity index (χ0v) is 10.9. The van der Waals surface area contributed by atoms with Crippen molar-refractivity contribution in [3.8, 4) is 0 Å². The average molecular weight is 265 g/mol. The number of benzene rings is 2. The second-order valence-electron chi connectivity index (χ2n) is 4.12. The van der Waals surface area contributed by atoms with Crippen LogP contribution < -0.4 is 10.8 Å². The maximum absolute atomic E-state index is 12.1. The lowest BCUT2D eigenvalue weighted by atomic mass is 9.94. The molecule has 5 heteroatoms. The van der Waals surface area contributed by atoms with Crippen LogP contribution in [0.1, 0.15) is 20.7 Å². The first-order valence-electron chi connectivity index (χ1n) is 5.96. The number of hydrogen-bond acceptors (Lipinski definition) is 3. The third-order valence-electron chi connectivity index (χ3n) is 2.73. The Hall–Kier alpha value is -2.56. The lowest BCUT2D eigenvalue weighted by Crippen LogP contribution is -2.17. The van der Waals surface area contributed by atoms with Gasteiger partial charge < -0.3 is 10.1 Å². The van der Waals surface area contributed by atoms with Gasteiger partial charge in [-0.05, 0) is 24.3 Å². The van der Waals surface area contributed by atoms with Crippen molar-refractivity contribution in [3.05, 3.63) is 59.7 Å². The lowest BCUT2D eigenvalue weighted by Gasteiger charge is -2.11.